The first-order valence-corrected chi connectivity index (χ1v) is 5.21. The first kappa shape index (κ1) is 11.3. The van der Waals surface area contributed by atoms with Crippen molar-refractivity contribution < 1.29 is 4.79 Å². The van der Waals surface area contributed by atoms with E-state index in [2.05, 4.69) is 25.3 Å². The minimum absolute atomic E-state index is 0.0173. The lowest BCUT2D eigenvalue weighted by Crippen LogP contribution is -2.36. The fourth-order valence-electron chi connectivity index (χ4n) is 1.53. The number of hydrogen-bond donors (Lipinski definition) is 2. The molecular formula is C10H14N6O. The second-order valence-electron chi connectivity index (χ2n) is 3.92. The number of anilines is 1. The summed E-state index contributed by atoms with van der Waals surface area (Å²) in [4.78, 5) is 28.3. The number of H-pyrrole nitrogens is 1. The molecular weight excluding hydrogens is 220 g/mol. The van der Waals surface area contributed by atoms with Gasteiger partial charge in [0.25, 0.3) is 0 Å². The Labute approximate surface area is 98.3 Å². The van der Waals surface area contributed by atoms with Crippen molar-refractivity contribution >= 4 is 22.9 Å². The van der Waals surface area contributed by atoms with Crippen LogP contribution in [0.3, 0.4) is 0 Å². The molecule has 0 aliphatic heterocycles. The Morgan fingerprint density at radius 1 is 1.41 bits per heavy atom. The quantitative estimate of drug-likeness (QED) is 0.794. The molecule has 0 saturated heterocycles. The first-order valence-electron chi connectivity index (χ1n) is 5.21. The highest BCUT2D eigenvalue weighted by Gasteiger charge is 2.16. The predicted molar refractivity (Wildman–Crippen MR) is 63.5 cm³/mol. The lowest BCUT2D eigenvalue weighted by atomic mass is 10.3. The number of likely N-dealkylation sites (N-methyl/N-ethyl adjacent to an activating group) is 1. The summed E-state index contributed by atoms with van der Waals surface area (Å²) in [6, 6.07) is -0.355. The van der Waals surface area contributed by atoms with Crippen LogP contribution in [0.4, 0.5) is 5.82 Å². The third kappa shape index (κ3) is 2.17. The number of amides is 1. The van der Waals surface area contributed by atoms with Crippen LogP contribution in [-0.4, -0.2) is 50.9 Å². The van der Waals surface area contributed by atoms with Crippen LogP contribution in [0.15, 0.2) is 12.7 Å². The number of imidazole rings is 1. The maximum atomic E-state index is 11.7. The van der Waals surface area contributed by atoms with Crippen LogP contribution in [0, 0.1) is 0 Å². The summed E-state index contributed by atoms with van der Waals surface area (Å²) in [6.07, 6.45) is 2.96. The Bertz CT molecular complexity index is 534. The summed E-state index contributed by atoms with van der Waals surface area (Å²) < 4.78 is 0. The van der Waals surface area contributed by atoms with Crippen molar-refractivity contribution in [2.24, 2.45) is 0 Å². The number of hydrogen-bond acceptors (Lipinski definition) is 5. The van der Waals surface area contributed by atoms with Crippen molar-refractivity contribution in [2.45, 2.75) is 13.0 Å². The van der Waals surface area contributed by atoms with Crippen molar-refractivity contribution in [1.29, 1.82) is 0 Å². The molecule has 0 aromatic carbocycles. The van der Waals surface area contributed by atoms with E-state index < -0.39 is 0 Å². The number of nitrogens with zero attached hydrogens (tertiary/aromatic N) is 4. The predicted octanol–water partition coefficient (Wildman–Crippen LogP) is 0.241. The van der Waals surface area contributed by atoms with Crippen LogP contribution in [0.2, 0.25) is 0 Å². The molecule has 0 saturated carbocycles. The zero-order valence-electron chi connectivity index (χ0n) is 9.93. The molecule has 0 unspecified atom stereocenters. The molecule has 0 radical (unpaired) electrons. The van der Waals surface area contributed by atoms with E-state index in [0.717, 1.165) is 0 Å². The van der Waals surface area contributed by atoms with E-state index in [9.17, 15) is 4.79 Å². The number of aromatic nitrogens is 4. The zero-order valence-corrected chi connectivity index (χ0v) is 9.93. The molecule has 7 heteroatoms. The Balaban J connectivity index is 2.24. The lowest BCUT2D eigenvalue weighted by molar-refractivity contribution is -0.129. The maximum absolute atomic E-state index is 11.7. The lowest BCUT2D eigenvalue weighted by Gasteiger charge is -2.18. The molecule has 1 atom stereocenters. The van der Waals surface area contributed by atoms with Crippen molar-refractivity contribution in [3.05, 3.63) is 12.7 Å². The molecule has 17 heavy (non-hydrogen) atoms. The van der Waals surface area contributed by atoms with Crippen LogP contribution < -0.4 is 5.32 Å². The van der Waals surface area contributed by atoms with Crippen molar-refractivity contribution in [2.75, 3.05) is 19.4 Å². The van der Waals surface area contributed by atoms with Gasteiger partial charge in [-0.3, -0.25) is 4.79 Å². The summed E-state index contributed by atoms with van der Waals surface area (Å²) >= 11 is 0. The monoisotopic (exact) mass is 234 g/mol. The smallest absolute Gasteiger partial charge is 0.244 e. The van der Waals surface area contributed by atoms with Crippen LogP contribution in [0.5, 0.6) is 0 Å². The molecule has 90 valence electrons. The first-order chi connectivity index (χ1) is 8.09. The highest BCUT2D eigenvalue weighted by atomic mass is 16.2. The van der Waals surface area contributed by atoms with E-state index in [0.29, 0.717) is 17.0 Å². The molecule has 2 aromatic heterocycles. The topological polar surface area (TPSA) is 86.8 Å². The van der Waals surface area contributed by atoms with Gasteiger partial charge in [-0.2, -0.15) is 0 Å². The fourth-order valence-corrected chi connectivity index (χ4v) is 1.53. The molecule has 7 nitrogen and oxygen atoms in total. The summed E-state index contributed by atoms with van der Waals surface area (Å²) in [5, 5.41) is 3.04. The van der Waals surface area contributed by atoms with Gasteiger partial charge in [-0.15, -0.1) is 0 Å². The van der Waals surface area contributed by atoms with Gasteiger partial charge in [-0.1, -0.05) is 0 Å². The number of rotatable bonds is 3. The van der Waals surface area contributed by atoms with Gasteiger partial charge in [0.15, 0.2) is 11.5 Å². The van der Waals surface area contributed by atoms with Gasteiger partial charge in [-0.05, 0) is 6.92 Å². The summed E-state index contributed by atoms with van der Waals surface area (Å²) in [5.74, 6) is 0.562. The third-order valence-electron chi connectivity index (χ3n) is 2.39. The van der Waals surface area contributed by atoms with Crippen LogP contribution >= 0.6 is 0 Å². The van der Waals surface area contributed by atoms with E-state index >= 15 is 0 Å². The highest BCUT2D eigenvalue weighted by Crippen LogP contribution is 2.15. The molecule has 0 bridgehead atoms. The average Bonchev–Trinajstić information content (AvgIpc) is 2.76. The molecule has 0 aliphatic rings. The number of fused-ring (bicyclic) bond motifs is 1. The van der Waals surface area contributed by atoms with Gasteiger partial charge in [0.1, 0.15) is 17.9 Å². The van der Waals surface area contributed by atoms with Crippen LogP contribution in [0.25, 0.3) is 11.2 Å². The summed E-state index contributed by atoms with van der Waals surface area (Å²) in [7, 11) is 3.43. The van der Waals surface area contributed by atoms with Crippen molar-refractivity contribution in [1.82, 2.24) is 24.8 Å². The van der Waals surface area contributed by atoms with Gasteiger partial charge in [0.2, 0.25) is 5.91 Å². The molecule has 2 heterocycles. The molecule has 2 N–H and O–H groups in total. The van der Waals surface area contributed by atoms with Crippen molar-refractivity contribution in [3.8, 4) is 0 Å². The molecule has 2 rings (SSSR count). The zero-order chi connectivity index (χ0) is 12.4. The maximum Gasteiger partial charge on any atom is 0.244 e. The SMILES string of the molecule is C[C@H](Nc1ncnc2nc[nH]c12)C(=O)N(C)C. The van der Waals surface area contributed by atoms with E-state index in [1.54, 1.807) is 27.3 Å². The standard InChI is InChI=1S/C10H14N6O/c1-6(10(17)16(2)3)15-9-7-8(12-4-11-7)13-5-14-9/h4-6H,1-3H3,(H2,11,12,13,14,15)/t6-/m0/s1. The van der Waals surface area contributed by atoms with E-state index in [-0.39, 0.29) is 11.9 Å². The number of carbonyl (C=O) groups excluding carboxylic acids is 1. The Kier molecular flexibility index (Phi) is 2.90. The van der Waals surface area contributed by atoms with E-state index in [4.69, 9.17) is 0 Å². The normalized spacial score (nSPS) is 12.4. The molecule has 0 fully saturated rings. The molecule has 2 aromatic rings. The molecule has 1 amide bonds. The number of aromatic amines is 1. The third-order valence-corrected chi connectivity index (χ3v) is 2.39. The second kappa shape index (κ2) is 4.36. The van der Waals surface area contributed by atoms with Gasteiger partial charge >= 0.3 is 0 Å². The van der Waals surface area contributed by atoms with Gasteiger partial charge in [0, 0.05) is 14.1 Å². The Morgan fingerprint density at radius 3 is 2.88 bits per heavy atom. The Hall–Kier alpha value is -2.18. The minimum atomic E-state index is -0.355. The van der Waals surface area contributed by atoms with Gasteiger partial charge < -0.3 is 15.2 Å². The largest absolute Gasteiger partial charge is 0.357 e. The Morgan fingerprint density at radius 2 is 2.18 bits per heavy atom. The fraction of sp³-hybridized carbons (Fsp3) is 0.400. The van der Waals surface area contributed by atoms with Gasteiger partial charge in [0.05, 0.1) is 6.33 Å². The molecule has 0 spiro atoms. The number of carbonyl (C=O) groups is 1. The number of nitrogens with one attached hydrogen (secondary N) is 2. The van der Waals surface area contributed by atoms with E-state index in [1.807, 2.05) is 0 Å². The van der Waals surface area contributed by atoms with Crippen LogP contribution in [-0.2, 0) is 4.79 Å². The second-order valence-corrected chi connectivity index (χ2v) is 3.92. The highest BCUT2D eigenvalue weighted by molar-refractivity contribution is 5.88. The summed E-state index contributed by atoms with van der Waals surface area (Å²) in [6.45, 7) is 1.78. The van der Waals surface area contributed by atoms with Gasteiger partial charge in [-0.25, -0.2) is 15.0 Å². The van der Waals surface area contributed by atoms with Crippen LogP contribution in [0.1, 0.15) is 6.92 Å². The van der Waals surface area contributed by atoms with Crippen molar-refractivity contribution in [3.63, 3.8) is 0 Å². The average molecular weight is 234 g/mol. The molecule has 0 aliphatic carbocycles. The minimum Gasteiger partial charge on any atom is -0.357 e. The van der Waals surface area contributed by atoms with E-state index in [1.165, 1.54) is 11.2 Å². The summed E-state index contributed by atoms with van der Waals surface area (Å²) in [5.41, 5.74) is 1.28.